The van der Waals surface area contributed by atoms with Gasteiger partial charge in [-0.15, -0.1) is 0 Å². The molecular weight excluding hydrogens is 212 g/mol. The molecule has 0 fully saturated rings. The molecule has 1 rings (SSSR count). The molecule has 1 amide bonds. The molecule has 1 aromatic heterocycles. The van der Waals surface area contributed by atoms with E-state index >= 15 is 0 Å². The van der Waals surface area contributed by atoms with E-state index in [-0.39, 0.29) is 11.5 Å². The Morgan fingerprint density at radius 1 is 1.50 bits per heavy atom. The number of methoxy groups -OCH3 is 1. The number of primary amides is 1. The van der Waals surface area contributed by atoms with E-state index in [1.807, 2.05) is 0 Å². The number of nitrogens with two attached hydrogens (primary N) is 2. The zero-order valence-electron chi connectivity index (χ0n) is 9.35. The van der Waals surface area contributed by atoms with Gasteiger partial charge in [-0.1, -0.05) is 0 Å². The molecule has 88 valence electrons. The maximum Gasteiger partial charge on any atom is 0.360 e. The number of esters is 1. The van der Waals surface area contributed by atoms with Crippen molar-refractivity contribution in [1.29, 1.82) is 0 Å². The molecule has 0 aliphatic rings. The summed E-state index contributed by atoms with van der Waals surface area (Å²) < 4.78 is 5.91. The van der Waals surface area contributed by atoms with Crippen LogP contribution in [0.2, 0.25) is 0 Å². The highest BCUT2D eigenvalue weighted by atomic mass is 16.5. The van der Waals surface area contributed by atoms with Gasteiger partial charge in [0.25, 0.3) is 0 Å². The van der Waals surface area contributed by atoms with Gasteiger partial charge >= 0.3 is 5.97 Å². The Morgan fingerprint density at radius 3 is 2.50 bits per heavy atom. The third kappa shape index (κ3) is 1.83. The van der Waals surface area contributed by atoms with Crippen molar-refractivity contribution in [2.24, 2.45) is 5.73 Å². The Bertz CT molecular complexity index is 438. The highest BCUT2D eigenvalue weighted by Gasteiger charge is 2.23. The lowest BCUT2D eigenvalue weighted by Gasteiger charge is -2.12. The molecule has 7 nitrogen and oxygen atoms in total. The predicted octanol–water partition coefficient (Wildman–Crippen LogP) is -0.393. The molecule has 1 heterocycles. The number of imidazole rings is 1. The first-order chi connectivity index (χ1) is 7.40. The minimum atomic E-state index is -0.661. The van der Waals surface area contributed by atoms with Crippen LogP contribution in [-0.4, -0.2) is 28.5 Å². The largest absolute Gasteiger partial charge is 0.464 e. The van der Waals surface area contributed by atoms with E-state index in [9.17, 15) is 9.59 Å². The molecule has 0 spiro atoms. The Labute approximate surface area is 92.4 Å². The van der Waals surface area contributed by atoms with Gasteiger partial charge in [0.2, 0.25) is 5.91 Å². The lowest BCUT2D eigenvalue weighted by molar-refractivity contribution is -0.120. The number of carbonyl (C=O) groups excluding carboxylic acids is 2. The molecule has 0 aliphatic carbocycles. The number of carbonyl (C=O) groups is 2. The van der Waals surface area contributed by atoms with Gasteiger partial charge in [0.15, 0.2) is 5.69 Å². The second kappa shape index (κ2) is 4.21. The molecule has 7 heteroatoms. The van der Waals surface area contributed by atoms with Gasteiger partial charge in [-0.2, -0.15) is 0 Å². The van der Waals surface area contributed by atoms with E-state index < -0.39 is 17.9 Å². The topological polar surface area (TPSA) is 113 Å². The van der Waals surface area contributed by atoms with Crippen LogP contribution in [-0.2, 0) is 9.53 Å². The fraction of sp³-hybridized carbons (Fsp3) is 0.444. The van der Waals surface area contributed by atoms with Crippen molar-refractivity contribution in [3.8, 4) is 0 Å². The molecule has 0 aliphatic heterocycles. The smallest absolute Gasteiger partial charge is 0.360 e. The Hall–Kier alpha value is -2.05. The van der Waals surface area contributed by atoms with E-state index in [0.29, 0.717) is 5.82 Å². The lowest BCUT2D eigenvalue weighted by Crippen LogP contribution is -2.25. The number of aryl methyl sites for hydroxylation is 1. The van der Waals surface area contributed by atoms with Gasteiger partial charge in [-0.25, -0.2) is 9.78 Å². The maximum absolute atomic E-state index is 11.3. The number of amides is 1. The van der Waals surface area contributed by atoms with Crippen molar-refractivity contribution in [3.05, 3.63) is 11.5 Å². The van der Waals surface area contributed by atoms with Gasteiger partial charge in [0.05, 0.1) is 7.11 Å². The first-order valence-electron chi connectivity index (χ1n) is 4.62. The van der Waals surface area contributed by atoms with Gasteiger partial charge in [-0.05, 0) is 13.8 Å². The van der Waals surface area contributed by atoms with E-state index in [2.05, 4.69) is 9.72 Å². The maximum atomic E-state index is 11.3. The van der Waals surface area contributed by atoms with Gasteiger partial charge in [0.1, 0.15) is 17.7 Å². The van der Waals surface area contributed by atoms with Crippen LogP contribution in [0.15, 0.2) is 0 Å². The molecule has 0 bridgehead atoms. The minimum Gasteiger partial charge on any atom is -0.464 e. The average Bonchev–Trinajstić information content (AvgIpc) is 2.52. The summed E-state index contributed by atoms with van der Waals surface area (Å²) in [5.74, 6) is -0.681. The zero-order valence-corrected chi connectivity index (χ0v) is 9.35. The van der Waals surface area contributed by atoms with Crippen LogP contribution in [0.25, 0.3) is 0 Å². The molecule has 0 saturated carbocycles. The second-order valence-corrected chi connectivity index (χ2v) is 3.33. The molecule has 4 N–H and O–H groups in total. The summed E-state index contributed by atoms with van der Waals surface area (Å²) in [6.07, 6.45) is 0. The van der Waals surface area contributed by atoms with E-state index in [1.165, 1.54) is 11.7 Å². The first kappa shape index (κ1) is 12.0. The van der Waals surface area contributed by atoms with Crippen LogP contribution in [0.4, 0.5) is 5.82 Å². The molecule has 0 saturated heterocycles. The monoisotopic (exact) mass is 226 g/mol. The third-order valence-corrected chi connectivity index (χ3v) is 2.30. The summed E-state index contributed by atoms with van der Waals surface area (Å²) >= 11 is 0. The number of anilines is 1. The van der Waals surface area contributed by atoms with Crippen molar-refractivity contribution in [2.75, 3.05) is 12.8 Å². The molecule has 0 aromatic carbocycles. The first-order valence-corrected chi connectivity index (χ1v) is 4.62. The zero-order chi connectivity index (χ0) is 12.5. The van der Waals surface area contributed by atoms with Crippen LogP contribution in [0.3, 0.4) is 0 Å². The number of nitrogen functional groups attached to an aromatic ring is 1. The van der Waals surface area contributed by atoms with Gasteiger partial charge in [0, 0.05) is 0 Å². The number of hydrogen-bond donors (Lipinski definition) is 2. The average molecular weight is 226 g/mol. The van der Waals surface area contributed by atoms with Crippen molar-refractivity contribution in [2.45, 2.75) is 19.9 Å². The molecular formula is C9H14N4O3. The lowest BCUT2D eigenvalue weighted by atomic mass is 10.3. The Balaban J connectivity index is 3.27. The standard InChI is InChI=1S/C9H14N4O3/c1-4(8(11)14)13-5(2)12-6(7(13)10)9(15)16-3/h4H,10H2,1-3H3,(H2,11,14). The molecule has 1 atom stereocenters. The van der Waals surface area contributed by atoms with Crippen LogP contribution in [0.1, 0.15) is 29.3 Å². The SMILES string of the molecule is COC(=O)c1nc(C)n(C(C)C(N)=O)c1N. The van der Waals surface area contributed by atoms with E-state index in [4.69, 9.17) is 11.5 Å². The summed E-state index contributed by atoms with van der Waals surface area (Å²) in [4.78, 5) is 26.3. The van der Waals surface area contributed by atoms with Crippen LogP contribution < -0.4 is 11.5 Å². The minimum absolute atomic E-state index is 0.00639. The molecule has 1 aromatic rings. The summed E-state index contributed by atoms with van der Waals surface area (Å²) in [7, 11) is 1.23. The number of hydrogen-bond acceptors (Lipinski definition) is 5. The van der Waals surface area contributed by atoms with E-state index in [1.54, 1.807) is 13.8 Å². The molecule has 16 heavy (non-hydrogen) atoms. The number of ether oxygens (including phenoxy) is 1. The van der Waals surface area contributed by atoms with Crippen LogP contribution >= 0.6 is 0 Å². The van der Waals surface area contributed by atoms with Crippen LogP contribution in [0, 0.1) is 6.92 Å². The molecule has 1 unspecified atom stereocenters. The summed E-state index contributed by atoms with van der Waals surface area (Å²) in [6, 6.07) is -0.661. The fourth-order valence-corrected chi connectivity index (χ4v) is 1.42. The van der Waals surface area contributed by atoms with Gasteiger partial charge in [-0.3, -0.25) is 4.79 Å². The summed E-state index contributed by atoms with van der Waals surface area (Å²) in [5, 5.41) is 0. The third-order valence-electron chi connectivity index (χ3n) is 2.30. The van der Waals surface area contributed by atoms with E-state index in [0.717, 1.165) is 0 Å². The number of aromatic nitrogens is 2. The summed E-state index contributed by atoms with van der Waals surface area (Å²) in [6.45, 7) is 3.21. The Morgan fingerprint density at radius 2 is 2.06 bits per heavy atom. The Kier molecular flexibility index (Phi) is 3.17. The van der Waals surface area contributed by atoms with Crippen molar-refractivity contribution in [1.82, 2.24) is 9.55 Å². The van der Waals surface area contributed by atoms with Gasteiger partial charge < -0.3 is 20.8 Å². The second-order valence-electron chi connectivity index (χ2n) is 3.33. The van der Waals surface area contributed by atoms with Crippen molar-refractivity contribution in [3.63, 3.8) is 0 Å². The van der Waals surface area contributed by atoms with Crippen molar-refractivity contribution >= 4 is 17.7 Å². The molecule has 0 radical (unpaired) electrons. The predicted molar refractivity (Wildman–Crippen MR) is 56.6 cm³/mol. The highest BCUT2D eigenvalue weighted by Crippen LogP contribution is 2.20. The summed E-state index contributed by atoms with van der Waals surface area (Å²) in [5.41, 5.74) is 10.9. The highest BCUT2D eigenvalue weighted by molar-refractivity contribution is 5.92. The normalized spacial score (nSPS) is 12.2. The quantitative estimate of drug-likeness (QED) is 0.681. The fourth-order valence-electron chi connectivity index (χ4n) is 1.42. The van der Waals surface area contributed by atoms with Crippen molar-refractivity contribution < 1.29 is 14.3 Å². The number of rotatable bonds is 3. The van der Waals surface area contributed by atoms with Crippen LogP contribution in [0.5, 0.6) is 0 Å². The number of nitrogens with zero attached hydrogens (tertiary/aromatic N) is 2.